The van der Waals surface area contributed by atoms with E-state index in [1.807, 2.05) is 0 Å². The molecule has 0 N–H and O–H groups in total. The quantitative estimate of drug-likeness (QED) is 0.325. The van der Waals surface area contributed by atoms with Crippen LogP contribution in [-0.2, 0) is 28.6 Å². The first kappa shape index (κ1) is 22.5. The van der Waals surface area contributed by atoms with Crippen LogP contribution in [0.3, 0.4) is 0 Å². The fourth-order valence-electron chi connectivity index (χ4n) is 1.13. The lowest BCUT2D eigenvalue weighted by Crippen LogP contribution is -2.37. The normalized spacial score (nSPS) is 14.7. The van der Waals surface area contributed by atoms with Crippen LogP contribution in [0.15, 0.2) is 0 Å². The van der Waals surface area contributed by atoms with Crippen molar-refractivity contribution in [3.8, 4) is 0 Å². The lowest BCUT2D eigenvalue weighted by molar-refractivity contribution is 0.0243. The first-order chi connectivity index (χ1) is 10.1. The Morgan fingerprint density at radius 1 is 0.739 bits per heavy atom. The van der Waals surface area contributed by atoms with E-state index < -0.39 is 62.2 Å². The summed E-state index contributed by atoms with van der Waals surface area (Å²) in [5, 5.41) is -8.24. The highest BCUT2D eigenvalue weighted by molar-refractivity contribution is 7.88. The molecule has 0 atom stereocenters. The Kier molecular flexibility index (Phi) is 7.46. The van der Waals surface area contributed by atoms with E-state index in [9.17, 15) is 34.4 Å². The molecule has 12 heteroatoms. The van der Waals surface area contributed by atoms with Gasteiger partial charge in [-0.3, -0.25) is 8.37 Å². The Balaban J connectivity index is 4.52. The Morgan fingerprint density at radius 2 is 1.00 bits per heavy atom. The molecule has 0 unspecified atom stereocenters. The third kappa shape index (κ3) is 5.26. The van der Waals surface area contributed by atoms with Crippen LogP contribution in [0.1, 0.15) is 34.1 Å². The molecule has 0 aromatic heterocycles. The lowest BCUT2D eigenvalue weighted by atomic mass is 10.2. The van der Waals surface area contributed by atoms with Crippen LogP contribution in [0, 0.1) is 11.8 Å². The van der Waals surface area contributed by atoms with Crippen molar-refractivity contribution in [1.29, 1.82) is 0 Å². The van der Waals surface area contributed by atoms with Gasteiger partial charge in [-0.25, -0.2) is 0 Å². The average Bonchev–Trinajstić information content (AvgIpc) is 2.36. The molecular formula is C11H20F4O6S2. The monoisotopic (exact) mass is 388 g/mol. The highest BCUT2D eigenvalue weighted by Gasteiger charge is 2.50. The van der Waals surface area contributed by atoms with Crippen LogP contribution < -0.4 is 0 Å². The molecule has 0 aromatic rings. The molecule has 6 nitrogen and oxygen atoms in total. The minimum Gasteiger partial charge on any atom is -0.265 e. The molecule has 0 aromatic carbocycles. The summed E-state index contributed by atoms with van der Waals surface area (Å²) in [6, 6.07) is 0. The van der Waals surface area contributed by atoms with Crippen molar-refractivity contribution in [3.63, 3.8) is 0 Å². The van der Waals surface area contributed by atoms with Gasteiger partial charge in [-0.1, -0.05) is 27.7 Å². The molecule has 0 spiro atoms. The second-order valence-corrected chi connectivity index (χ2v) is 8.72. The van der Waals surface area contributed by atoms with E-state index >= 15 is 0 Å². The maximum Gasteiger partial charge on any atom is 0.372 e. The zero-order valence-electron chi connectivity index (χ0n) is 13.1. The van der Waals surface area contributed by atoms with E-state index in [1.165, 1.54) is 0 Å². The van der Waals surface area contributed by atoms with Crippen LogP contribution >= 0.6 is 0 Å². The van der Waals surface area contributed by atoms with Crippen molar-refractivity contribution in [1.82, 2.24) is 0 Å². The summed E-state index contributed by atoms with van der Waals surface area (Å²) in [6.07, 6.45) is -0.485. The van der Waals surface area contributed by atoms with E-state index in [0.717, 1.165) is 27.7 Å². The van der Waals surface area contributed by atoms with Gasteiger partial charge < -0.3 is 0 Å². The molecule has 0 rings (SSSR count). The van der Waals surface area contributed by atoms with Crippen LogP contribution in [0.25, 0.3) is 0 Å². The zero-order chi connectivity index (χ0) is 18.7. The molecule has 0 saturated heterocycles. The van der Waals surface area contributed by atoms with E-state index in [-0.39, 0.29) is 0 Å². The third-order valence-electron chi connectivity index (χ3n) is 2.78. The van der Waals surface area contributed by atoms with Gasteiger partial charge in [-0.2, -0.15) is 34.4 Å². The number of hydrogen-bond donors (Lipinski definition) is 0. The van der Waals surface area contributed by atoms with Gasteiger partial charge in [-0.15, -0.1) is 0 Å². The topological polar surface area (TPSA) is 86.7 Å². The number of halogens is 4. The van der Waals surface area contributed by atoms with Crippen molar-refractivity contribution >= 4 is 20.2 Å². The fraction of sp³-hybridized carbons (Fsp3) is 1.00. The van der Waals surface area contributed by atoms with E-state index in [4.69, 9.17) is 0 Å². The molecule has 0 radical (unpaired) electrons. The number of alkyl halides is 4. The largest absolute Gasteiger partial charge is 0.372 e. The van der Waals surface area contributed by atoms with Crippen molar-refractivity contribution < 1.29 is 42.8 Å². The average molecular weight is 388 g/mol. The van der Waals surface area contributed by atoms with Gasteiger partial charge in [0.15, 0.2) is 0 Å². The minimum atomic E-state index is -5.20. The Morgan fingerprint density at radius 3 is 1.22 bits per heavy atom. The van der Waals surface area contributed by atoms with E-state index in [1.54, 1.807) is 0 Å². The molecule has 0 fully saturated rings. The summed E-state index contributed by atoms with van der Waals surface area (Å²) in [4.78, 5) is 0. The van der Waals surface area contributed by atoms with Gasteiger partial charge in [0.2, 0.25) is 0 Å². The van der Waals surface area contributed by atoms with Crippen molar-refractivity contribution in [2.24, 2.45) is 11.8 Å². The fourth-order valence-corrected chi connectivity index (χ4v) is 3.27. The summed E-state index contributed by atoms with van der Waals surface area (Å²) in [5.74, 6) is -3.07. The SMILES string of the molecule is CC(C)C(F)(F)S(=O)(=O)OCCCOS(=O)(=O)C(F)(F)C(C)C. The molecule has 0 aliphatic carbocycles. The molecule has 0 amide bonds. The van der Waals surface area contributed by atoms with Crippen LogP contribution in [0.4, 0.5) is 17.6 Å². The first-order valence-corrected chi connectivity index (χ1v) is 9.44. The maximum atomic E-state index is 13.3. The second-order valence-electron chi connectivity index (χ2n) is 5.34. The highest BCUT2D eigenvalue weighted by Crippen LogP contribution is 2.32. The summed E-state index contributed by atoms with van der Waals surface area (Å²) in [6.45, 7) is 2.26. The smallest absolute Gasteiger partial charge is 0.265 e. The van der Waals surface area contributed by atoms with Gasteiger partial charge in [0.05, 0.1) is 13.2 Å². The molecular weight excluding hydrogens is 368 g/mol. The van der Waals surface area contributed by atoms with Crippen LogP contribution in [-0.4, -0.2) is 40.6 Å². The summed E-state index contributed by atoms with van der Waals surface area (Å²) in [7, 11) is -10.4. The first-order valence-electron chi connectivity index (χ1n) is 6.63. The summed E-state index contributed by atoms with van der Waals surface area (Å²) >= 11 is 0. The second kappa shape index (κ2) is 7.62. The molecule has 0 bridgehead atoms. The molecule has 0 saturated carbocycles. The van der Waals surface area contributed by atoms with Gasteiger partial charge in [-0.05, 0) is 6.42 Å². The lowest BCUT2D eigenvalue weighted by Gasteiger charge is -2.20. The predicted octanol–water partition coefficient (Wildman–Crippen LogP) is 2.57. The van der Waals surface area contributed by atoms with Crippen LogP contribution in [0.5, 0.6) is 0 Å². The van der Waals surface area contributed by atoms with Crippen molar-refractivity contribution in [2.75, 3.05) is 13.2 Å². The van der Waals surface area contributed by atoms with Crippen molar-refractivity contribution in [3.05, 3.63) is 0 Å². The van der Waals surface area contributed by atoms with E-state index in [2.05, 4.69) is 8.37 Å². The van der Waals surface area contributed by atoms with Gasteiger partial charge in [0.1, 0.15) is 0 Å². The summed E-state index contributed by atoms with van der Waals surface area (Å²) in [5.41, 5.74) is 0. The van der Waals surface area contributed by atoms with E-state index in [0.29, 0.717) is 0 Å². The Hall–Kier alpha value is -0.460. The minimum absolute atomic E-state index is 0.485. The molecule has 0 aliphatic heterocycles. The molecule has 23 heavy (non-hydrogen) atoms. The molecule has 0 aliphatic rings. The van der Waals surface area contributed by atoms with Crippen LogP contribution in [0.2, 0.25) is 0 Å². The zero-order valence-corrected chi connectivity index (χ0v) is 14.7. The van der Waals surface area contributed by atoms with Gasteiger partial charge >= 0.3 is 30.7 Å². The number of hydrogen-bond acceptors (Lipinski definition) is 6. The predicted molar refractivity (Wildman–Crippen MR) is 73.9 cm³/mol. The van der Waals surface area contributed by atoms with Gasteiger partial charge in [0, 0.05) is 11.8 Å². The highest BCUT2D eigenvalue weighted by atomic mass is 32.2. The Labute approximate surface area is 133 Å². The summed E-state index contributed by atoms with van der Waals surface area (Å²) < 4.78 is 106. The van der Waals surface area contributed by atoms with Crippen molar-refractivity contribution in [2.45, 2.75) is 44.6 Å². The molecule has 140 valence electrons. The Bertz CT molecular complexity index is 532. The number of rotatable bonds is 10. The molecule has 0 heterocycles. The standard InChI is InChI=1S/C11H20F4O6S2/c1-8(2)10(12,13)22(16,17)20-6-5-7-21-23(18,19)11(14,15)9(3)4/h8-9H,5-7H2,1-4H3. The maximum absolute atomic E-state index is 13.3. The third-order valence-corrected chi connectivity index (χ3v) is 6.01. The van der Waals surface area contributed by atoms with Gasteiger partial charge in [0.25, 0.3) is 0 Å².